The molecule has 3 rings (SSSR count). The van der Waals surface area contributed by atoms with Crippen molar-refractivity contribution in [2.75, 3.05) is 28.6 Å². The number of aryl methyl sites for hydroxylation is 1. The predicted octanol–water partition coefficient (Wildman–Crippen LogP) is 4.16. The van der Waals surface area contributed by atoms with Crippen LogP contribution in [-0.4, -0.2) is 33.9 Å². The highest BCUT2D eigenvalue weighted by molar-refractivity contribution is 6.04. The van der Waals surface area contributed by atoms with Gasteiger partial charge in [-0.1, -0.05) is 0 Å². The van der Waals surface area contributed by atoms with Gasteiger partial charge in [-0.2, -0.15) is 0 Å². The first-order valence-electron chi connectivity index (χ1n) is 9.38. The van der Waals surface area contributed by atoms with Gasteiger partial charge in [0.25, 0.3) is 5.91 Å². The van der Waals surface area contributed by atoms with Gasteiger partial charge in [0.2, 0.25) is 0 Å². The van der Waals surface area contributed by atoms with E-state index in [1.165, 1.54) is 6.20 Å². The fourth-order valence-electron chi connectivity index (χ4n) is 2.85. The summed E-state index contributed by atoms with van der Waals surface area (Å²) in [7, 11) is 0. The van der Waals surface area contributed by atoms with Crippen LogP contribution in [0.2, 0.25) is 0 Å². The van der Waals surface area contributed by atoms with Crippen LogP contribution in [0.25, 0.3) is 0 Å². The Hall–Kier alpha value is -3.55. The average Bonchev–Trinajstić information content (AvgIpc) is 2.70. The first-order valence-corrected chi connectivity index (χ1v) is 9.38. The number of pyridine rings is 1. The SMILES string of the molecule is CCN(CC)c1cc(Nc2ccc(NC(=O)c3cncc(F)c3)cc2)nc(C)n1. The molecule has 0 bridgehead atoms. The minimum atomic E-state index is -0.554. The lowest BCUT2D eigenvalue weighted by Crippen LogP contribution is -2.23. The van der Waals surface area contributed by atoms with E-state index >= 15 is 0 Å². The van der Waals surface area contributed by atoms with Crippen molar-refractivity contribution in [2.45, 2.75) is 20.8 Å². The van der Waals surface area contributed by atoms with Crippen LogP contribution in [0.3, 0.4) is 0 Å². The van der Waals surface area contributed by atoms with Gasteiger partial charge in [0.15, 0.2) is 0 Å². The van der Waals surface area contributed by atoms with E-state index in [4.69, 9.17) is 0 Å². The fourth-order valence-corrected chi connectivity index (χ4v) is 2.85. The van der Waals surface area contributed by atoms with Crippen LogP contribution in [0.4, 0.5) is 27.4 Å². The summed E-state index contributed by atoms with van der Waals surface area (Å²) >= 11 is 0. The van der Waals surface area contributed by atoms with Crippen molar-refractivity contribution in [1.29, 1.82) is 0 Å². The third-order valence-corrected chi connectivity index (χ3v) is 4.29. The molecule has 1 amide bonds. The molecular formula is C21H23FN6O. The number of nitrogens with one attached hydrogen (secondary N) is 2. The van der Waals surface area contributed by atoms with Crippen molar-refractivity contribution in [2.24, 2.45) is 0 Å². The number of hydrogen-bond acceptors (Lipinski definition) is 6. The number of nitrogens with zero attached hydrogens (tertiary/aromatic N) is 4. The van der Waals surface area contributed by atoms with Crippen molar-refractivity contribution >= 4 is 28.9 Å². The van der Waals surface area contributed by atoms with Gasteiger partial charge in [0, 0.05) is 36.7 Å². The highest BCUT2D eigenvalue weighted by Gasteiger charge is 2.09. The zero-order chi connectivity index (χ0) is 20.8. The van der Waals surface area contributed by atoms with E-state index in [2.05, 4.69) is 44.3 Å². The summed E-state index contributed by atoms with van der Waals surface area (Å²) in [4.78, 5) is 27.0. The van der Waals surface area contributed by atoms with Crippen LogP contribution in [0.1, 0.15) is 30.0 Å². The summed E-state index contributed by atoms with van der Waals surface area (Å²) in [5, 5.41) is 5.98. The summed E-state index contributed by atoms with van der Waals surface area (Å²) in [6, 6.07) is 10.2. The highest BCUT2D eigenvalue weighted by Crippen LogP contribution is 2.21. The molecule has 2 N–H and O–H groups in total. The maximum absolute atomic E-state index is 13.2. The zero-order valence-electron chi connectivity index (χ0n) is 16.6. The van der Waals surface area contributed by atoms with Crippen molar-refractivity contribution in [3.8, 4) is 0 Å². The van der Waals surface area contributed by atoms with Crippen LogP contribution >= 0.6 is 0 Å². The number of hydrogen-bond donors (Lipinski definition) is 2. The first-order chi connectivity index (χ1) is 14.0. The van der Waals surface area contributed by atoms with E-state index in [-0.39, 0.29) is 5.56 Å². The molecule has 7 nitrogen and oxygen atoms in total. The Morgan fingerprint density at radius 1 is 1.03 bits per heavy atom. The molecule has 0 fully saturated rings. The highest BCUT2D eigenvalue weighted by atomic mass is 19.1. The van der Waals surface area contributed by atoms with E-state index < -0.39 is 11.7 Å². The maximum Gasteiger partial charge on any atom is 0.257 e. The summed E-state index contributed by atoms with van der Waals surface area (Å²) < 4.78 is 13.2. The van der Waals surface area contributed by atoms with Gasteiger partial charge in [-0.15, -0.1) is 0 Å². The van der Waals surface area contributed by atoms with Crippen molar-refractivity contribution in [3.63, 3.8) is 0 Å². The normalized spacial score (nSPS) is 10.5. The van der Waals surface area contributed by atoms with Gasteiger partial charge < -0.3 is 15.5 Å². The number of amides is 1. The van der Waals surface area contributed by atoms with Crippen LogP contribution in [0.5, 0.6) is 0 Å². The van der Waals surface area contributed by atoms with Gasteiger partial charge in [-0.25, -0.2) is 14.4 Å². The second-order valence-electron chi connectivity index (χ2n) is 6.38. The van der Waals surface area contributed by atoms with Crippen molar-refractivity contribution < 1.29 is 9.18 Å². The minimum absolute atomic E-state index is 0.160. The number of carbonyl (C=O) groups excluding carboxylic acids is 1. The third kappa shape index (κ3) is 5.25. The Kier molecular flexibility index (Phi) is 6.33. The quantitative estimate of drug-likeness (QED) is 0.626. The Morgan fingerprint density at radius 3 is 2.38 bits per heavy atom. The van der Waals surface area contributed by atoms with Gasteiger partial charge in [-0.3, -0.25) is 9.78 Å². The summed E-state index contributed by atoms with van der Waals surface area (Å²) in [6.45, 7) is 7.75. The molecule has 0 saturated heterocycles. The number of benzene rings is 1. The van der Waals surface area contributed by atoms with Crippen LogP contribution in [0, 0.1) is 12.7 Å². The van der Waals surface area contributed by atoms with Gasteiger partial charge in [-0.05, 0) is 51.1 Å². The molecule has 8 heteroatoms. The molecule has 2 aromatic heterocycles. The lowest BCUT2D eigenvalue weighted by molar-refractivity contribution is 0.102. The zero-order valence-corrected chi connectivity index (χ0v) is 16.6. The molecule has 3 aromatic rings. The van der Waals surface area contributed by atoms with Crippen LogP contribution in [-0.2, 0) is 0 Å². The molecule has 150 valence electrons. The summed E-state index contributed by atoms with van der Waals surface area (Å²) in [6.07, 6.45) is 2.37. The number of aromatic nitrogens is 3. The molecular weight excluding hydrogens is 371 g/mol. The van der Waals surface area contributed by atoms with Crippen LogP contribution in [0.15, 0.2) is 48.8 Å². The van der Waals surface area contributed by atoms with Gasteiger partial charge >= 0.3 is 0 Å². The number of halogens is 1. The van der Waals surface area contributed by atoms with Crippen molar-refractivity contribution in [3.05, 3.63) is 66.0 Å². The van der Waals surface area contributed by atoms with E-state index in [0.29, 0.717) is 17.3 Å². The molecule has 0 aliphatic heterocycles. The first kappa shape index (κ1) is 20.2. The molecule has 0 aliphatic rings. The van der Waals surface area contributed by atoms with Crippen LogP contribution < -0.4 is 15.5 Å². The molecule has 0 radical (unpaired) electrons. The second kappa shape index (κ2) is 9.09. The van der Waals surface area contributed by atoms with E-state index in [0.717, 1.165) is 36.9 Å². The largest absolute Gasteiger partial charge is 0.357 e. The molecule has 0 atom stereocenters. The second-order valence-corrected chi connectivity index (χ2v) is 6.38. The third-order valence-electron chi connectivity index (χ3n) is 4.29. The Morgan fingerprint density at radius 2 is 1.72 bits per heavy atom. The number of anilines is 4. The monoisotopic (exact) mass is 394 g/mol. The van der Waals surface area contributed by atoms with Crippen molar-refractivity contribution in [1.82, 2.24) is 15.0 Å². The summed E-state index contributed by atoms with van der Waals surface area (Å²) in [5.41, 5.74) is 1.57. The smallest absolute Gasteiger partial charge is 0.257 e. The Labute approximate surface area is 169 Å². The Bertz CT molecular complexity index is 989. The predicted molar refractivity (Wildman–Crippen MR) is 112 cm³/mol. The molecule has 1 aromatic carbocycles. The number of carbonyl (C=O) groups is 1. The maximum atomic E-state index is 13.2. The molecule has 0 aliphatic carbocycles. The average molecular weight is 394 g/mol. The molecule has 29 heavy (non-hydrogen) atoms. The van der Waals surface area contributed by atoms with Gasteiger partial charge in [0.1, 0.15) is 23.3 Å². The molecule has 0 spiro atoms. The van der Waals surface area contributed by atoms with E-state index in [1.807, 2.05) is 25.1 Å². The molecule has 2 heterocycles. The standard InChI is InChI=1S/C21H23FN6O/c1-4-28(5-2)20-11-19(24-14(3)25-20)26-17-6-8-18(9-7-17)27-21(29)15-10-16(22)13-23-12-15/h6-13H,4-5H2,1-3H3,(H,27,29)(H,24,25,26). The fraction of sp³-hybridized carbons (Fsp3) is 0.238. The number of rotatable bonds is 7. The summed E-state index contributed by atoms with van der Waals surface area (Å²) in [5.74, 6) is 1.28. The van der Waals surface area contributed by atoms with E-state index in [1.54, 1.807) is 12.1 Å². The molecule has 0 saturated carbocycles. The topological polar surface area (TPSA) is 83.0 Å². The van der Waals surface area contributed by atoms with E-state index in [9.17, 15) is 9.18 Å². The Balaban J connectivity index is 1.70. The lowest BCUT2D eigenvalue weighted by atomic mass is 10.2. The lowest BCUT2D eigenvalue weighted by Gasteiger charge is -2.20. The minimum Gasteiger partial charge on any atom is -0.357 e. The van der Waals surface area contributed by atoms with Gasteiger partial charge in [0.05, 0.1) is 11.8 Å². The molecule has 0 unspecified atom stereocenters.